The summed E-state index contributed by atoms with van der Waals surface area (Å²) in [6, 6.07) is 20.2. The van der Waals surface area contributed by atoms with Crippen LogP contribution in [-0.4, -0.2) is 14.2 Å². The molecule has 0 atom stereocenters. The molecular weight excluding hydrogens is 393 g/mol. The molecule has 0 heterocycles. The summed E-state index contributed by atoms with van der Waals surface area (Å²) in [6.45, 7) is 1.51. The van der Waals surface area contributed by atoms with Crippen LogP contribution in [0, 0.1) is 5.82 Å². The number of hydrogen-bond donors (Lipinski definition) is 1. The molecule has 154 valence electrons. The molecule has 0 amide bonds. The standard InChI is InChI=1S/C23H24FNO3.ClH/c1-26-21-10-6-4-7-18(21)15-25-14-17-11-12-22(23(13-17)27-2)28-16-19-8-3-5-9-20(19)24;/h3-13,25H,14-16H2,1-2H3;1H. The monoisotopic (exact) mass is 417 g/mol. The summed E-state index contributed by atoms with van der Waals surface area (Å²) in [5.74, 6) is 1.79. The van der Waals surface area contributed by atoms with Gasteiger partial charge in [0.25, 0.3) is 0 Å². The van der Waals surface area contributed by atoms with Gasteiger partial charge in [-0.3, -0.25) is 0 Å². The van der Waals surface area contributed by atoms with Crippen molar-refractivity contribution >= 4 is 12.4 Å². The van der Waals surface area contributed by atoms with E-state index in [1.165, 1.54) is 6.07 Å². The maximum atomic E-state index is 13.7. The topological polar surface area (TPSA) is 39.7 Å². The van der Waals surface area contributed by atoms with Gasteiger partial charge in [0.1, 0.15) is 18.2 Å². The number of nitrogens with one attached hydrogen (secondary N) is 1. The SMILES string of the molecule is COc1ccccc1CNCc1ccc(OCc2ccccc2F)c(OC)c1.Cl. The number of rotatable bonds is 9. The fourth-order valence-corrected chi connectivity index (χ4v) is 2.90. The first-order chi connectivity index (χ1) is 13.7. The number of para-hydroxylation sites is 1. The molecule has 0 aromatic heterocycles. The predicted molar refractivity (Wildman–Crippen MR) is 115 cm³/mol. The Morgan fingerprint density at radius 3 is 2.17 bits per heavy atom. The fraction of sp³-hybridized carbons (Fsp3) is 0.217. The summed E-state index contributed by atoms with van der Waals surface area (Å²) in [5.41, 5.74) is 2.67. The molecule has 0 aliphatic heterocycles. The van der Waals surface area contributed by atoms with E-state index in [2.05, 4.69) is 5.32 Å². The second-order valence-electron chi connectivity index (χ2n) is 6.28. The Morgan fingerprint density at radius 1 is 0.759 bits per heavy atom. The first kappa shape index (κ1) is 22.5. The van der Waals surface area contributed by atoms with Crippen LogP contribution in [0.25, 0.3) is 0 Å². The predicted octanol–water partition coefficient (Wildman–Crippen LogP) is 5.13. The second-order valence-corrected chi connectivity index (χ2v) is 6.28. The zero-order valence-electron chi connectivity index (χ0n) is 16.5. The van der Waals surface area contributed by atoms with E-state index >= 15 is 0 Å². The molecule has 6 heteroatoms. The van der Waals surface area contributed by atoms with Crippen LogP contribution in [0.4, 0.5) is 4.39 Å². The van der Waals surface area contributed by atoms with E-state index in [4.69, 9.17) is 14.2 Å². The van der Waals surface area contributed by atoms with Gasteiger partial charge in [-0.15, -0.1) is 12.4 Å². The molecule has 0 unspecified atom stereocenters. The molecule has 0 saturated carbocycles. The van der Waals surface area contributed by atoms with Crippen molar-refractivity contribution in [1.29, 1.82) is 0 Å². The average molecular weight is 418 g/mol. The Bertz CT molecular complexity index is 920. The van der Waals surface area contributed by atoms with Crippen LogP contribution >= 0.6 is 12.4 Å². The lowest BCUT2D eigenvalue weighted by Gasteiger charge is -2.13. The van der Waals surface area contributed by atoms with Crippen LogP contribution in [0.5, 0.6) is 17.2 Å². The van der Waals surface area contributed by atoms with Gasteiger partial charge in [-0.1, -0.05) is 42.5 Å². The van der Waals surface area contributed by atoms with E-state index < -0.39 is 0 Å². The number of halogens is 2. The molecule has 4 nitrogen and oxygen atoms in total. The molecule has 1 N–H and O–H groups in total. The molecule has 3 aromatic rings. The fourth-order valence-electron chi connectivity index (χ4n) is 2.90. The quantitative estimate of drug-likeness (QED) is 0.523. The third kappa shape index (κ3) is 6.11. The molecule has 3 rings (SSSR count). The van der Waals surface area contributed by atoms with Crippen molar-refractivity contribution in [3.05, 3.63) is 89.2 Å². The molecular formula is C23H25ClFNO3. The third-order valence-corrected chi connectivity index (χ3v) is 4.41. The molecule has 0 spiro atoms. The van der Waals surface area contributed by atoms with Crippen molar-refractivity contribution in [2.24, 2.45) is 0 Å². The van der Waals surface area contributed by atoms with Gasteiger partial charge < -0.3 is 19.5 Å². The highest BCUT2D eigenvalue weighted by atomic mass is 35.5. The minimum atomic E-state index is -0.279. The first-order valence-corrected chi connectivity index (χ1v) is 9.07. The summed E-state index contributed by atoms with van der Waals surface area (Å²) >= 11 is 0. The van der Waals surface area contributed by atoms with Gasteiger partial charge >= 0.3 is 0 Å². The third-order valence-electron chi connectivity index (χ3n) is 4.41. The normalized spacial score (nSPS) is 10.2. The highest BCUT2D eigenvalue weighted by Crippen LogP contribution is 2.29. The zero-order chi connectivity index (χ0) is 19.8. The van der Waals surface area contributed by atoms with Gasteiger partial charge in [0.15, 0.2) is 11.5 Å². The van der Waals surface area contributed by atoms with Crippen molar-refractivity contribution in [2.75, 3.05) is 14.2 Å². The average Bonchev–Trinajstić information content (AvgIpc) is 2.74. The number of ether oxygens (including phenoxy) is 3. The zero-order valence-corrected chi connectivity index (χ0v) is 17.3. The Hall–Kier alpha value is -2.76. The highest BCUT2D eigenvalue weighted by molar-refractivity contribution is 5.85. The second kappa shape index (κ2) is 11.3. The Kier molecular flexibility index (Phi) is 8.77. The van der Waals surface area contributed by atoms with E-state index in [1.54, 1.807) is 32.4 Å². The molecule has 0 fully saturated rings. The minimum Gasteiger partial charge on any atom is -0.496 e. The van der Waals surface area contributed by atoms with Gasteiger partial charge in [0, 0.05) is 24.2 Å². The summed E-state index contributed by atoms with van der Waals surface area (Å²) < 4.78 is 30.3. The van der Waals surface area contributed by atoms with Gasteiger partial charge in [-0.25, -0.2) is 4.39 Å². The molecule has 29 heavy (non-hydrogen) atoms. The number of hydrogen-bond acceptors (Lipinski definition) is 4. The number of benzene rings is 3. The van der Waals surface area contributed by atoms with Gasteiger partial charge in [-0.05, 0) is 29.8 Å². The van der Waals surface area contributed by atoms with Crippen LogP contribution in [-0.2, 0) is 19.7 Å². The van der Waals surface area contributed by atoms with Crippen LogP contribution in [0.3, 0.4) is 0 Å². The summed E-state index contributed by atoms with van der Waals surface area (Å²) in [5, 5.41) is 3.40. The van der Waals surface area contributed by atoms with Crippen molar-refractivity contribution in [3.63, 3.8) is 0 Å². The molecule has 0 radical (unpaired) electrons. The van der Waals surface area contributed by atoms with Crippen LogP contribution < -0.4 is 19.5 Å². The summed E-state index contributed by atoms with van der Waals surface area (Å²) in [6.07, 6.45) is 0. The largest absolute Gasteiger partial charge is 0.496 e. The van der Waals surface area contributed by atoms with Gasteiger partial charge in [0.05, 0.1) is 14.2 Å². The van der Waals surface area contributed by atoms with Crippen LogP contribution in [0.2, 0.25) is 0 Å². The van der Waals surface area contributed by atoms with Crippen molar-refractivity contribution in [2.45, 2.75) is 19.7 Å². The van der Waals surface area contributed by atoms with Crippen molar-refractivity contribution < 1.29 is 18.6 Å². The molecule has 0 saturated heterocycles. The lowest BCUT2D eigenvalue weighted by atomic mass is 10.1. The van der Waals surface area contributed by atoms with Gasteiger partial charge in [0.2, 0.25) is 0 Å². The molecule has 0 aliphatic rings. The lowest BCUT2D eigenvalue weighted by molar-refractivity contribution is 0.279. The maximum absolute atomic E-state index is 13.7. The smallest absolute Gasteiger partial charge is 0.161 e. The Morgan fingerprint density at radius 2 is 1.45 bits per heavy atom. The van der Waals surface area contributed by atoms with Gasteiger partial charge in [-0.2, -0.15) is 0 Å². The van der Waals surface area contributed by atoms with E-state index in [0.29, 0.717) is 30.2 Å². The van der Waals surface area contributed by atoms with E-state index in [1.807, 2.05) is 42.5 Å². The Balaban J connectivity index is 0.00000300. The van der Waals surface area contributed by atoms with Crippen LogP contribution in [0.1, 0.15) is 16.7 Å². The first-order valence-electron chi connectivity index (χ1n) is 9.07. The summed E-state index contributed by atoms with van der Waals surface area (Å²) in [4.78, 5) is 0. The van der Waals surface area contributed by atoms with Crippen molar-refractivity contribution in [3.8, 4) is 17.2 Å². The van der Waals surface area contributed by atoms with Crippen LogP contribution in [0.15, 0.2) is 66.7 Å². The molecule has 3 aromatic carbocycles. The van der Waals surface area contributed by atoms with Crippen molar-refractivity contribution in [1.82, 2.24) is 5.32 Å². The molecule has 0 aliphatic carbocycles. The Labute approximate surface area is 177 Å². The summed E-state index contributed by atoms with van der Waals surface area (Å²) in [7, 11) is 3.26. The van der Waals surface area contributed by atoms with E-state index in [-0.39, 0.29) is 24.8 Å². The number of methoxy groups -OCH3 is 2. The minimum absolute atomic E-state index is 0. The highest BCUT2D eigenvalue weighted by Gasteiger charge is 2.08. The lowest BCUT2D eigenvalue weighted by Crippen LogP contribution is -2.13. The van der Waals surface area contributed by atoms with E-state index in [0.717, 1.165) is 16.9 Å². The van der Waals surface area contributed by atoms with E-state index in [9.17, 15) is 4.39 Å². The maximum Gasteiger partial charge on any atom is 0.161 e. The molecule has 0 bridgehead atoms.